The molecule has 0 aliphatic carbocycles. The number of thiophene rings is 1. The lowest BCUT2D eigenvalue weighted by molar-refractivity contribution is -0.129. The molecule has 11 heteroatoms. The number of carbonyl (C=O) groups is 1. The fraction of sp³-hybridized carbons (Fsp3) is 0.238. The van der Waals surface area contributed by atoms with E-state index in [2.05, 4.69) is 5.32 Å². The molecule has 1 unspecified atom stereocenters. The van der Waals surface area contributed by atoms with Crippen molar-refractivity contribution in [2.24, 2.45) is 5.73 Å². The molecule has 2 aromatic carbocycles. The zero-order chi connectivity index (χ0) is 23.0. The summed E-state index contributed by atoms with van der Waals surface area (Å²) in [6, 6.07) is 9.29. The molecule has 0 radical (unpaired) electrons. The molecular weight excluding hydrogens is 470 g/mol. The minimum atomic E-state index is -3.66. The summed E-state index contributed by atoms with van der Waals surface area (Å²) < 4.78 is 25.7. The van der Waals surface area contributed by atoms with E-state index in [9.17, 15) is 13.2 Å². The molecule has 1 saturated heterocycles. The number of sulfone groups is 1. The van der Waals surface area contributed by atoms with Crippen molar-refractivity contribution < 1.29 is 13.2 Å². The van der Waals surface area contributed by atoms with Gasteiger partial charge in [0.2, 0.25) is 5.91 Å². The maximum absolute atomic E-state index is 12.9. The fourth-order valence-corrected chi connectivity index (χ4v) is 5.85. The number of fused-ring (bicyclic) bond motifs is 1. The number of nitrogens with zero attached hydrogens (tertiary/aromatic N) is 1. The van der Waals surface area contributed by atoms with E-state index in [4.69, 9.17) is 28.5 Å². The summed E-state index contributed by atoms with van der Waals surface area (Å²) in [6.45, 7) is 0.930. The van der Waals surface area contributed by atoms with Gasteiger partial charge < -0.3 is 16.4 Å². The van der Waals surface area contributed by atoms with Gasteiger partial charge in [-0.25, -0.2) is 8.42 Å². The molecule has 4 rings (SSSR count). The monoisotopic (exact) mass is 491 g/mol. The van der Waals surface area contributed by atoms with Gasteiger partial charge >= 0.3 is 0 Å². The number of rotatable bonds is 7. The molecule has 1 fully saturated rings. The van der Waals surface area contributed by atoms with Crippen LogP contribution in [0.5, 0.6) is 0 Å². The summed E-state index contributed by atoms with van der Waals surface area (Å²) in [6.07, 6.45) is 0.519. The molecule has 1 atom stereocenters. The van der Waals surface area contributed by atoms with Gasteiger partial charge in [-0.2, -0.15) is 0 Å². The molecule has 0 saturated carbocycles. The molecule has 1 aliphatic heterocycles. The maximum Gasteiger partial charge on any atom is 0.240 e. The molecule has 1 amide bonds. The first kappa shape index (κ1) is 22.5. The van der Waals surface area contributed by atoms with Crippen LogP contribution in [-0.2, 0) is 21.2 Å². The summed E-state index contributed by atoms with van der Waals surface area (Å²) in [5, 5.41) is 14.0. The standard InChI is InChI=1S/C21H22ClN5O3S2/c22-19-15-3-2-14(8-13(15)1-4-16(19)23)32(29,30)11-26-17-5-6-27(21(17)28)9-12-7-18(20(24)25)31-10-12/h1-4,7-8,10,17,26H,5-6,9,11,23H2,(H3,24,25). The van der Waals surface area contributed by atoms with E-state index in [0.717, 1.165) is 5.56 Å². The zero-order valence-corrected chi connectivity index (χ0v) is 19.4. The third-order valence-electron chi connectivity index (χ3n) is 5.42. The van der Waals surface area contributed by atoms with E-state index >= 15 is 0 Å². The molecule has 3 aromatic rings. The lowest BCUT2D eigenvalue weighted by Crippen LogP contribution is -2.40. The van der Waals surface area contributed by atoms with E-state index in [1.807, 2.05) is 5.38 Å². The highest BCUT2D eigenvalue weighted by atomic mass is 35.5. The Bertz CT molecular complexity index is 1320. The van der Waals surface area contributed by atoms with Crippen LogP contribution in [0, 0.1) is 5.41 Å². The first-order chi connectivity index (χ1) is 15.2. The van der Waals surface area contributed by atoms with Crippen LogP contribution in [0.1, 0.15) is 16.9 Å². The molecule has 0 spiro atoms. The minimum Gasteiger partial charge on any atom is -0.398 e. The van der Waals surface area contributed by atoms with E-state index in [-0.39, 0.29) is 22.5 Å². The Labute approximate surface area is 194 Å². The van der Waals surface area contributed by atoms with Crippen molar-refractivity contribution in [1.29, 1.82) is 5.41 Å². The van der Waals surface area contributed by atoms with Crippen molar-refractivity contribution in [3.8, 4) is 0 Å². The van der Waals surface area contributed by atoms with Crippen molar-refractivity contribution in [3.05, 3.63) is 57.2 Å². The number of hydrogen-bond donors (Lipinski definition) is 4. The Kier molecular flexibility index (Phi) is 6.13. The molecule has 8 nitrogen and oxygen atoms in total. The Morgan fingerprint density at radius 2 is 2.06 bits per heavy atom. The zero-order valence-electron chi connectivity index (χ0n) is 17.0. The number of anilines is 1. The van der Waals surface area contributed by atoms with Gasteiger partial charge in [0.05, 0.1) is 26.5 Å². The van der Waals surface area contributed by atoms with Gasteiger partial charge in [0.25, 0.3) is 0 Å². The molecule has 168 valence electrons. The number of nitrogens with one attached hydrogen (secondary N) is 2. The predicted octanol–water partition coefficient (Wildman–Crippen LogP) is 2.54. The van der Waals surface area contributed by atoms with Crippen LogP contribution < -0.4 is 16.8 Å². The molecule has 1 aromatic heterocycles. The van der Waals surface area contributed by atoms with Gasteiger partial charge in [0.15, 0.2) is 9.84 Å². The maximum atomic E-state index is 12.9. The average molecular weight is 492 g/mol. The number of likely N-dealkylation sites (tertiary alicyclic amines) is 1. The summed E-state index contributed by atoms with van der Waals surface area (Å²) in [4.78, 5) is 15.2. The van der Waals surface area contributed by atoms with Crippen molar-refractivity contribution in [3.63, 3.8) is 0 Å². The highest BCUT2D eigenvalue weighted by molar-refractivity contribution is 7.91. The van der Waals surface area contributed by atoms with Crippen molar-refractivity contribution in [2.75, 3.05) is 18.2 Å². The van der Waals surface area contributed by atoms with Crippen molar-refractivity contribution in [2.45, 2.75) is 23.9 Å². The van der Waals surface area contributed by atoms with Crippen molar-refractivity contribution >= 4 is 61.0 Å². The van der Waals surface area contributed by atoms with Gasteiger partial charge in [0.1, 0.15) is 11.7 Å². The molecule has 6 N–H and O–H groups in total. The second-order valence-electron chi connectivity index (χ2n) is 7.65. The number of carbonyl (C=O) groups excluding carboxylic acids is 1. The van der Waals surface area contributed by atoms with Gasteiger partial charge in [0, 0.05) is 18.5 Å². The molecule has 2 heterocycles. The lowest BCUT2D eigenvalue weighted by atomic mass is 10.1. The van der Waals surface area contributed by atoms with Gasteiger partial charge in [-0.15, -0.1) is 11.3 Å². The lowest BCUT2D eigenvalue weighted by Gasteiger charge is -2.16. The number of nitrogen functional groups attached to an aromatic ring is 2. The van der Waals surface area contributed by atoms with Gasteiger partial charge in [-0.3, -0.25) is 15.5 Å². The van der Waals surface area contributed by atoms with E-state index in [1.165, 1.54) is 17.4 Å². The summed E-state index contributed by atoms with van der Waals surface area (Å²) in [7, 11) is -3.66. The van der Waals surface area contributed by atoms with Crippen LogP contribution >= 0.6 is 22.9 Å². The predicted molar refractivity (Wildman–Crippen MR) is 128 cm³/mol. The van der Waals surface area contributed by atoms with E-state index < -0.39 is 15.9 Å². The molecule has 0 bridgehead atoms. The number of halogens is 1. The van der Waals surface area contributed by atoms with Crippen LogP contribution in [0.4, 0.5) is 5.69 Å². The van der Waals surface area contributed by atoms with Gasteiger partial charge in [-0.1, -0.05) is 23.7 Å². The summed E-state index contributed by atoms with van der Waals surface area (Å²) in [5.41, 5.74) is 12.6. The Hall–Kier alpha value is -2.66. The number of nitrogens with two attached hydrogens (primary N) is 2. The molecular formula is C21H22ClN5O3S2. The third kappa shape index (κ3) is 4.44. The fourth-order valence-electron chi connectivity index (χ4n) is 3.68. The first-order valence-corrected chi connectivity index (χ1v) is 12.7. The Balaban J connectivity index is 1.41. The molecule has 1 aliphatic rings. The van der Waals surface area contributed by atoms with Crippen LogP contribution in [0.25, 0.3) is 10.8 Å². The van der Waals surface area contributed by atoms with Crippen LogP contribution in [-0.4, -0.2) is 43.5 Å². The topological polar surface area (TPSA) is 142 Å². The Morgan fingerprint density at radius 1 is 1.28 bits per heavy atom. The van der Waals surface area contributed by atoms with E-state index in [1.54, 1.807) is 35.2 Å². The highest BCUT2D eigenvalue weighted by Gasteiger charge is 2.32. The highest BCUT2D eigenvalue weighted by Crippen LogP contribution is 2.30. The van der Waals surface area contributed by atoms with Gasteiger partial charge in [-0.05, 0) is 47.0 Å². The summed E-state index contributed by atoms with van der Waals surface area (Å²) in [5.74, 6) is -0.493. The first-order valence-electron chi connectivity index (χ1n) is 9.80. The number of hydrogen-bond acceptors (Lipinski definition) is 7. The normalized spacial score (nSPS) is 16.7. The Morgan fingerprint density at radius 3 is 2.78 bits per heavy atom. The smallest absolute Gasteiger partial charge is 0.240 e. The van der Waals surface area contributed by atoms with Crippen LogP contribution in [0.15, 0.2) is 46.7 Å². The minimum absolute atomic E-state index is 0.00169. The SMILES string of the molecule is N=C(N)c1cc(CN2CCC(NCS(=O)(=O)c3ccc4c(Cl)c(N)ccc4c3)C2=O)cs1. The summed E-state index contributed by atoms with van der Waals surface area (Å²) >= 11 is 7.56. The van der Waals surface area contributed by atoms with Crippen LogP contribution in [0.2, 0.25) is 5.02 Å². The van der Waals surface area contributed by atoms with Crippen LogP contribution in [0.3, 0.4) is 0 Å². The number of amidine groups is 1. The largest absolute Gasteiger partial charge is 0.398 e. The quantitative estimate of drug-likeness (QED) is 0.227. The second kappa shape index (κ2) is 8.70. The number of benzene rings is 2. The second-order valence-corrected chi connectivity index (χ2v) is 10.9. The molecule has 32 heavy (non-hydrogen) atoms. The van der Waals surface area contributed by atoms with E-state index in [0.29, 0.717) is 45.9 Å². The van der Waals surface area contributed by atoms with Crippen molar-refractivity contribution in [1.82, 2.24) is 10.2 Å². The average Bonchev–Trinajstić information content (AvgIpc) is 3.37. The third-order valence-corrected chi connectivity index (χ3v) is 8.38. The number of amides is 1.